The Balaban J connectivity index is 2.15. The van der Waals surface area contributed by atoms with E-state index in [4.69, 9.17) is 4.42 Å². The average molecular weight is 221 g/mol. The number of aryl methyl sites for hydroxylation is 1. The molecule has 3 heteroatoms. The molecule has 0 saturated carbocycles. The van der Waals surface area contributed by atoms with Crippen LogP contribution in [0.5, 0.6) is 0 Å². The monoisotopic (exact) mass is 221 g/mol. The first-order valence-electron chi connectivity index (χ1n) is 5.05. The summed E-state index contributed by atoms with van der Waals surface area (Å²) in [5.74, 6) is 1.01. The van der Waals surface area contributed by atoms with Crippen molar-refractivity contribution >= 4 is 11.3 Å². The molecule has 2 rings (SSSR count). The molecule has 2 heterocycles. The number of hydrogen-bond acceptors (Lipinski definition) is 3. The maximum Gasteiger partial charge on any atom is 0.105 e. The number of furan rings is 1. The first-order chi connectivity index (χ1) is 7.31. The third-order valence-electron chi connectivity index (χ3n) is 2.61. The maximum atomic E-state index is 5.33. The molecule has 0 radical (unpaired) electrons. The summed E-state index contributed by atoms with van der Waals surface area (Å²) >= 11 is 1.80. The van der Waals surface area contributed by atoms with Gasteiger partial charge in [0, 0.05) is 22.9 Å². The molecule has 1 atom stereocenters. The van der Waals surface area contributed by atoms with Crippen molar-refractivity contribution in [2.75, 3.05) is 7.05 Å². The summed E-state index contributed by atoms with van der Waals surface area (Å²) in [7, 11) is 1.99. The zero-order valence-electron chi connectivity index (χ0n) is 8.99. The molecule has 0 amide bonds. The van der Waals surface area contributed by atoms with E-state index < -0.39 is 0 Å². The molecule has 1 unspecified atom stereocenters. The van der Waals surface area contributed by atoms with Crippen LogP contribution in [0.4, 0.5) is 0 Å². The molecule has 80 valence electrons. The maximum absolute atomic E-state index is 5.33. The van der Waals surface area contributed by atoms with E-state index in [0.29, 0.717) is 6.04 Å². The molecule has 2 nitrogen and oxygen atoms in total. The second-order valence-corrected chi connectivity index (χ2v) is 4.59. The standard InChI is InChI=1S/C12H15NOS/c1-9-11(5-6-14-9)12(13-2)8-10-4-3-7-15-10/h3-7,12-13H,8H2,1-2H3. The Bertz CT molecular complexity index is 405. The highest BCUT2D eigenvalue weighted by Crippen LogP contribution is 2.24. The normalized spacial score (nSPS) is 12.9. The van der Waals surface area contributed by atoms with Crippen LogP contribution in [0.25, 0.3) is 0 Å². The van der Waals surface area contributed by atoms with Crippen LogP contribution in [0.2, 0.25) is 0 Å². The third-order valence-corrected chi connectivity index (χ3v) is 3.51. The van der Waals surface area contributed by atoms with Crippen LogP contribution in [-0.2, 0) is 6.42 Å². The van der Waals surface area contributed by atoms with Crippen LogP contribution in [0.1, 0.15) is 22.2 Å². The quantitative estimate of drug-likeness (QED) is 0.858. The minimum atomic E-state index is 0.349. The van der Waals surface area contributed by atoms with Gasteiger partial charge in [-0.1, -0.05) is 6.07 Å². The van der Waals surface area contributed by atoms with Gasteiger partial charge in [0.15, 0.2) is 0 Å². The smallest absolute Gasteiger partial charge is 0.105 e. The topological polar surface area (TPSA) is 25.2 Å². The van der Waals surface area contributed by atoms with Gasteiger partial charge in [-0.2, -0.15) is 0 Å². The first-order valence-corrected chi connectivity index (χ1v) is 5.93. The third kappa shape index (κ3) is 2.30. The first kappa shape index (κ1) is 10.5. The number of likely N-dealkylation sites (N-methyl/N-ethyl adjacent to an activating group) is 1. The van der Waals surface area contributed by atoms with Crippen molar-refractivity contribution in [1.82, 2.24) is 5.32 Å². The zero-order chi connectivity index (χ0) is 10.7. The van der Waals surface area contributed by atoms with Gasteiger partial charge in [-0.25, -0.2) is 0 Å². The summed E-state index contributed by atoms with van der Waals surface area (Å²) in [6.45, 7) is 2.01. The Morgan fingerprint density at radius 2 is 2.33 bits per heavy atom. The van der Waals surface area contributed by atoms with E-state index in [1.807, 2.05) is 20.0 Å². The van der Waals surface area contributed by atoms with E-state index in [-0.39, 0.29) is 0 Å². The molecule has 0 aromatic carbocycles. The molecular weight excluding hydrogens is 206 g/mol. The molecule has 0 aliphatic rings. The fourth-order valence-corrected chi connectivity index (χ4v) is 2.51. The van der Waals surface area contributed by atoms with Crippen molar-refractivity contribution in [3.8, 4) is 0 Å². The molecule has 2 aromatic heterocycles. The number of thiophene rings is 1. The molecular formula is C12H15NOS. The fraction of sp³-hybridized carbons (Fsp3) is 0.333. The van der Waals surface area contributed by atoms with Gasteiger partial charge in [-0.15, -0.1) is 11.3 Å². The Morgan fingerprint density at radius 1 is 1.47 bits per heavy atom. The fourth-order valence-electron chi connectivity index (χ4n) is 1.75. The SMILES string of the molecule is CNC(Cc1cccs1)c1ccoc1C. The van der Waals surface area contributed by atoms with Gasteiger partial charge in [-0.05, 0) is 31.5 Å². The Kier molecular flexibility index (Phi) is 3.23. The summed E-state index contributed by atoms with van der Waals surface area (Å²) in [5, 5.41) is 5.45. The number of rotatable bonds is 4. The minimum Gasteiger partial charge on any atom is -0.469 e. The van der Waals surface area contributed by atoms with Crippen molar-refractivity contribution in [3.05, 3.63) is 46.0 Å². The van der Waals surface area contributed by atoms with Crippen LogP contribution in [-0.4, -0.2) is 7.05 Å². The van der Waals surface area contributed by atoms with E-state index in [9.17, 15) is 0 Å². The molecule has 0 fully saturated rings. The largest absolute Gasteiger partial charge is 0.469 e. The van der Waals surface area contributed by atoms with E-state index in [2.05, 4.69) is 22.8 Å². The summed E-state index contributed by atoms with van der Waals surface area (Å²) in [5.41, 5.74) is 1.26. The summed E-state index contributed by atoms with van der Waals surface area (Å²) < 4.78 is 5.33. The molecule has 0 spiro atoms. The van der Waals surface area contributed by atoms with Crippen LogP contribution < -0.4 is 5.32 Å². The van der Waals surface area contributed by atoms with Gasteiger partial charge in [-0.3, -0.25) is 0 Å². The van der Waals surface area contributed by atoms with E-state index >= 15 is 0 Å². The second-order valence-electron chi connectivity index (χ2n) is 3.56. The average Bonchev–Trinajstić information content (AvgIpc) is 2.85. The van der Waals surface area contributed by atoms with Crippen LogP contribution in [0.3, 0.4) is 0 Å². The number of hydrogen-bond donors (Lipinski definition) is 1. The van der Waals surface area contributed by atoms with Gasteiger partial charge in [0.1, 0.15) is 5.76 Å². The van der Waals surface area contributed by atoms with Crippen LogP contribution >= 0.6 is 11.3 Å². The van der Waals surface area contributed by atoms with Gasteiger partial charge in [0.2, 0.25) is 0 Å². The highest BCUT2D eigenvalue weighted by Gasteiger charge is 2.14. The minimum absolute atomic E-state index is 0.349. The van der Waals surface area contributed by atoms with Crippen LogP contribution in [0, 0.1) is 6.92 Å². The lowest BCUT2D eigenvalue weighted by Gasteiger charge is -2.14. The lowest BCUT2D eigenvalue weighted by molar-refractivity contribution is 0.513. The molecule has 15 heavy (non-hydrogen) atoms. The van der Waals surface area contributed by atoms with Crippen LogP contribution in [0.15, 0.2) is 34.3 Å². The van der Waals surface area contributed by atoms with Crippen molar-refractivity contribution in [2.24, 2.45) is 0 Å². The number of nitrogens with one attached hydrogen (secondary N) is 1. The van der Waals surface area contributed by atoms with Gasteiger partial charge in [0.05, 0.1) is 6.26 Å². The van der Waals surface area contributed by atoms with Crippen molar-refractivity contribution in [1.29, 1.82) is 0 Å². The van der Waals surface area contributed by atoms with Gasteiger partial charge in [0.25, 0.3) is 0 Å². The van der Waals surface area contributed by atoms with Gasteiger partial charge >= 0.3 is 0 Å². The highest BCUT2D eigenvalue weighted by molar-refractivity contribution is 7.09. The molecule has 0 aliphatic carbocycles. The lowest BCUT2D eigenvalue weighted by Crippen LogP contribution is -2.18. The highest BCUT2D eigenvalue weighted by atomic mass is 32.1. The molecule has 0 bridgehead atoms. The molecule has 0 aliphatic heterocycles. The van der Waals surface area contributed by atoms with Crippen molar-refractivity contribution in [3.63, 3.8) is 0 Å². The molecule has 2 aromatic rings. The Labute approximate surface area is 93.9 Å². The van der Waals surface area contributed by atoms with Gasteiger partial charge < -0.3 is 9.73 Å². The molecule has 1 N–H and O–H groups in total. The summed E-state index contributed by atoms with van der Waals surface area (Å²) in [6.07, 6.45) is 2.78. The summed E-state index contributed by atoms with van der Waals surface area (Å²) in [6, 6.07) is 6.66. The zero-order valence-corrected chi connectivity index (χ0v) is 9.80. The van der Waals surface area contributed by atoms with E-state index in [0.717, 1.165) is 12.2 Å². The van der Waals surface area contributed by atoms with Crippen molar-refractivity contribution in [2.45, 2.75) is 19.4 Å². The Hall–Kier alpha value is -1.06. The molecule has 0 saturated heterocycles. The second kappa shape index (κ2) is 4.64. The summed E-state index contributed by atoms with van der Waals surface area (Å²) in [4.78, 5) is 1.40. The van der Waals surface area contributed by atoms with E-state index in [1.165, 1.54) is 10.4 Å². The predicted octanol–water partition coefficient (Wildman–Crippen LogP) is 3.15. The van der Waals surface area contributed by atoms with Crippen molar-refractivity contribution < 1.29 is 4.42 Å². The Morgan fingerprint density at radius 3 is 2.87 bits per heavy atom. The predicted molar refractivity (Wildman–Crippen MR) is 63.3 cm³/mol. The lowest BCUT2D eigenvalue weighted by atomic mass is 10.0. The van der Waals surface area contributed by atoms with E-state index in [1.54, 1.807) is 17.6 Å².